The standard InChI is InChI=1S/C10H16N2/c1-7-8(2)11(5)10(4)12(6)9(7)3/h2,4H2,1,3,5-6H3. The summed E-state index contributed by atoms with van der Waals surface area (Å²) in [5.41, 5.74) is 3.49. The fraction of sp³-hybridized carbons (Fsp3) is 0.400. The Labute approximate surface area is 74.5 Å². The molecule has 0 atom stereocenters. The van der Waals surface area contributed by atoms with Gasteiger partial charge in [-0.25, -0.2) is 0 Å². The fourth-order valence-electron chi connectivity index (χ4n) is 1.29. The SMILES string of the molecule is C=C1C(C)=C(C)N(C)C(=C)N1C. The second-order valence-electron chi connectivity index (χ2n) is 3.19. The minimum absolute atomic E-state index is 0.975. The van der Waals surface area contributed by atoms with E-state index in [4.69, 9.17) is 0 Å². The van der Waals surface area contributed by atoms with Crippen LogP contribution in [0.25, 0.3) is 0 Å². The van der Waals surface area contributed by atoms with Crippen molar-refractivity contribution in [3.8, 4) is 0 Å². The van der Waals surface area contributed by atoms with Gasteiger partial charge in [0.25, 0.3) is 0 Å². The molecule has 2 heteroatoms. The van der Waals surface area contributed by atoms with Gasteiger partial charge in [-0.05, 0) is 19.4 Å². The second-order valence-corrected chi connectivity index (χ2v) is 3.19. The van der Waals surface area contributed by atoms with Gasteiger partial charge in [-0.3, -0.25) is 0 Å². The Morgan fingerprint density at radius 3 is 2.00 bits per heavy atom. The van der Waals surface area contributed by atoms with Crippen molar-refractivity contribution in [1.82, 2.24) is 9.80 Å². The summed E-state index contributed by atoms with van der Waals surface area (Å²) in [6, 6.07) is 0. The highest BCUT2D eigenvalue weighted by molar-refractivity contribution is 5.36. The van der Waals surface area contributed by atoms with Crippen LogP contribution in [0, 0.1) is 0 Å². The van der Waals surface area contributed by atoms with E-state index in [9.17, 15) is 0 Å². The van der Waals surface area contributed by atoms with E-state index < -0.39 is 0 Å². The Bertz CT molecular complexity index is 274. The van der Waals surface area contributed by atoms with E-state index in [1.807, 2.05) is 19.0 Å². The molecule has 12 heavy (non-hydrogen) atoms. The van der Waals surface area contributed by atoms with Gasteiger partial charge in [0, 0.05) is 25.5 Å². The Balaban J connectivity index is 3.17. The van der Waals surface area contributed by atoms with E-state index in [1.165, 1.54) is 11.3 Å². The number of rotatable bonds is 0. The molecule has 0 aromatic carbocycles. The highest BCUT2D eigenvalue weighted by Gasteiger charge is 2.20. The van der Waals surface area contributed by atoms with Crippen LogP contribution in [-0.2, 0) is 0 Å². The highest BCUT2D eigenvalue weighted by Crippen LogP contribution is 2.28. The predicted octanol–water partition coefficient (Wildman–Crippen LogP) is 2.14. The summed E-state index contributed by atoms with van der Waals surface area (Å²) in [5, 5.41) is 0. The van der Waals surface area contributed by atoms with Gasteiger partial charge in [0.2, 0.25) is 0 Å². The molecule has 2 nitrogen and oxygen atoms in total. The number of hydrogen-bond acceptors (Lipinski definition) is 2. The van der Waals surface area contributed by atoms with Crippen molar-refractivity contribution in [2.24, 2.45) is 0 Å². The third kappa shape index (κ3) is 1.04. The molecule has 1 aliphatic rings. The average Bonchev–Trinajstić information content (AvgIpc) is 2.08. The van der Waals surface area contributed by atoms with E-state index in [0.717, 1.165) is 11.5 Å². The van der Waals surface area contributed by atoms with Crippen molar-refractivity contribution in [2.45, 2.75) is 13.8 Å². The summed E-state index contributed by atoms with van der Waals surface area (Å²) >= 11 is 0. The van der Waals surface area contributed by atoms with Crippen molar-refractivity contribution < 1.29 is 0 Å². The number of hydrogen-bond donors (Lipinski definition) is 0. The molecule has 0 fully saturated rings. The molecule has 0 radical (unpaired) electrons. The van der Waals surface area contributed by atoms with Gasteiger partial charge in [-0.2, -0.15) is 0 Å². The third-order valence-corrected chi connectivity index (χ3v) is 2.66. The smallest absolute Gasteiger partial charge is 0.105 e. The Hall–Kier alpha value is -1.18. The van der Waals surface area contributed by atoms with Crippen LogP contribution in [0.5, 0.6) is 0 Å². The zero-order valence-corrected chi connectivity index (χ0v) is 8.31. The van der Waals surface area contributed by atoms with Crippen LogP contribution in [0.15, 0.2) is 35.9 Å². The molecular weight excluding hydrogens is 148 g/mol. The Morgan fingerprint density at radius 1 is 1.00 bits per heavy atom. The lowest BCUT2D eigenvalue weighted by Gasteiger charge is -2.38. The van der Waals surface area contributed by atoms with Gasteiger partial charge in [0.1, 0.15) is 5.82 Å². The molecule has 0 unspecified atom stereocenters. The first-order valence-electron chi connectivity index (χ1n) is 4.00. The summed E-state index contributed by atoms with van der Waals surface area (Å²) in [7, 11) is 4.00. The normalized spacial score (nSPS) is 19.3. The quantitative estimate of drug-likeness (QED) is 0.541. The van der Waals surface area contributed by atoms with Gasteiger partial charge in [-0.15, -0.1) is 0 Å². The molecule has 0 N–H and O–H groups in total. The van der Waals surface area contributed by atoms with E-state index >= 15 is 0 Å². The van der Waals surface area contributed by atoms with Gasteiger partial charge >= 0.3 is 0 Å². The third-order valence-electron chi connectivity index (χ3n) is 2.66. The molecule has 66 valence electrons. The molecule has 0 saturated heterocycles. The summed E-state index contributed by atoms with van der Waals surface area (Å²) in [5.74, 6) is 0.975. The minimum Gasteiger partial charge on any atom is -0.335 e. The summed E-state index contributed by atoms with van der Waals surface area (Å²) in [6.07, 6.45) is 0. The number of nitrogens with zero attached hydrogens (tertiary/aromatic N) is 2. The van der Waals surface area contributed by atoms with Gasteiger partial charge in [0.05, 0.1) is 0 Å². The van der Waals surface area contributed by atoms with Crippen molar-refractivity contribution in [2.75, 3.05) is 14.1 Å². The molecule has 0 aromatic heterocycles. The second kappa shape index (κ2) is 2.70. The maximum Gasteiger partial charge on any atom is 0.105 e. The predicted molar refractivity (Wildman–Crippen MR) is 52.2 cm³/mol. The van der Waals surface area contributed by atoms with Crippen LogP contribution >= 0.6 is 0 Å². The highest BCUT2D eigenvalue weighted by atomic mass is 15.3. The zero-order valence-electron chi connectivity index (χ0n) is 8.31. The molecule has 0 spiro atoms. The maximum absolute atomic E-state index is 3.99. The summed E-state index contributed by atoms with van der Waals surface area (Å²) in [4.78, 5) is 4.08. The molecule has 0 bridgehead atoms. The van der Waals surface area contributed by atoms with E-state index in [2.05, 4.69) is 31.9 Å². The van der Waals surface area contributed by atoms with Crippen molar-refractivity contribution in [3.63, 3.8) is 0 Å². The Morgan fingerprint density at radius 2 is 1.50 bits per heavy atom. The first-order chi connectivity index (χ1) is 5.46. The molecule has 1 heterocycles. The molecule has 0 amide bonds. The lowest BCUT2D eigenvalue weighted by molar-refractivity contribution is 0.336. The summed E-state index contributed by atoms with van der Waals surface area (Å²) in [6.45, 7) is 12.1. The van der Waals surface area contributed by atoms with Crippen molar-refractivity contribution in [1.29, 1.82) is 0 Å². The first-order valence-corrected chi connectivity index (χ1v) is 4.00. The minimum atomic E-state index is 0.975. The van der Waals surface area contributed by atoms with Gasteiger partial charge in [0.15, 0.2) is 0 Å². The largest absolute Gasteiger partial charge is 0.335 e. The van der Waals surface area contributed by atoms with Crippen LogP contribution in [0.3, 0.4) is 0 Å². The van der Waals surface area contributed by atoms with E-state index in [0.29, 0.717) is 0 Å². The van der Waals surface area contributed by atoms with Crippen LogP contribution in [0.1, 0.15) is 13.8 Å². The molecule has 1 aliphatic heterocycles. The summed E-state index contributed by atoms with van der Waals surface area (Å²) < 4.78 is 0. The van der Waals surface area contributed by atoms with Crippen molar-refractivity contribution in [3.05, 3.63) is 35.9 Å². The molecule has 0 aromatic rings. The lowest BCUT2D eigenvalue weighted by Crippen LogP contribution is -2.33. The van der Waals surface area contributed by atoms with E-state index in [-0.39, 0.29) is 0 Å². The first kappa shape index (κ1) is 8.91. The molecular formula is C10H16N2. The van der Waals surface area contributed by atoms with Crippen LogP contribution in [-0.4, -0.2) is 23.9 Å². The van der Waals surface area contributed by atoms with E-state index in [1.54, 1.807) is 0 Å². The van der Waals surface area contributed by atoms with Crippen LogP contribution < -0.4 is 0 Å². The lowest BCUT2D eigenvalue weighted by atomic mass is 10.1. The molecule has 0 saturated carbocycles. The van der Waals surface area contributed by atoms with Crippen molar-refractivity contribution >= 4 is 0 Å². The monoisotopic (exact) mass is 164 g/mol. The average molecular weight is 164 g/mol. The fourth-order valence-corrected chi connectivity index (χ4v) is 1.29. The van der Waals surface area contributed by atoms with Crippen LogP contribution in [0.2, 0.25) is 0 Å². The Kier molecular flexibility index (Phi) is 2.01. The van der Waals surface area contributed by atoms with Gasteiger partial charge in [-0.1, -0.05) is 13.2 Å². The number of allylic oxidation sites excluding steroid dienone is 2. The maximum atomic E-state index is 3.99. The zero-order chi connectivity index (χ0) is 9.46. The molecule has 1 rings (SSSR count). The molecule has 0 aliphatic carbocycles. The van der Waals surface area contributed by atoms with Gasteiger partial charge < -0.3 is 9.80 Å². The number of likely N-dealkylation sites (N-methyl/N-ethyl adjacent to an activating group) is 1. The van der Waals surface area contributed by atoms with Crippen LogP contribution in [0.4, 0.5) is 0 Å². The topological polar surface area (TPSA) is 6.48 Å².